The summed E-state index contributed by atoms with van der Waals surface area (Å²) in [6, 6.07) is 6.58. The predicted molar refractivity (Wildman–Crippen MR) is 202 cm³/mol. The average molecular weight is 807 g/mol. The van der Waals surface area contributed by atoms with Gasteiger partial charge in [0.25, 0.3) is 0 Å². The van der Waals surface area contributed by atoms with Crippen LogP contribution in [-0.4, -0.2) is 91.9 Å². The largest absolute Gasteiger partial charge is 0.444 e. The molecule has 3 fully saturated rings. The third kappa shape index (κ3) is 6.66. The Morgan fingerprint density at radius 3 is 2.52 bits per heavy atom. The Hall–Kier alpha value is -2.54. The Morgan fingerprint density at radius 2 is 1.85 bits per heavy atom. The van der Waals surface area contributed by atoms with E-state index in [1.807, 2.05) is 57.4 Å². The maximum absolute atomic E-state index is 17.2. The molecular weight excluding hydrogens is 765 g/mol. The van der Waals surface area contributed by atoms with E-state index in [0.717, 1.165) is 54.0 Å². The molecule has 4 aromatic rings. The maximum Gasteiger partial charge on any atom is 0.410 e. The van der Waals surface area contributed by atoms with Crippen molar-refractivity contribution in [1.82, 2.24) is 29.3 Å². The molecule has 0 radical (unpaired) electrons. The van der Waals surface area contributed by atoms with E-state index in [-0.39, 0.29) is 23.7 Å². The molecule has 2 aromatic carbocycles. The summed E-state index contributed by atoms with van der Waals surface area (Å²) in [7, 11) is 0. The van der Waals surface area contributed by atoms with Crippen LogP contribution in [0.4, 0.5) is 21.0 Å². The lowest BCUT2D eigenvalue weighted by Gasteiger charge is -2.41. The van der Waals surface area contributed by atoms with Crippen LogP contribution in [0.1, 0.15) is 58.9 Å². The summed E-state index contributed by atoms with van der Waals surface area (Å²) < 4.78 is 24.8. The second-order valence-corrected chi connectivity index (χ2v) is 16.8. The van der Waals surface area contributed by atoms with Crippen molar-refractivity contribution in [2.75, 3.05) is 42.9 Å². The van der Waals surface area contributed by atoms with Crippen molar-refractivity contribution in [1.29, 1.82) is 0 Å². The molecule has 1 saturated carbocycles. The lowest BCUT2D eigenvalue weighted by Crippen LogP contribution is -2.55. The second-order valence-electron chi connectivity index (χ2n) is 14.3. The molecule has 2 aliphatic heterocycles. The van der Waals surface area contributed by atoms with Crippen LogP contribution in [0, 0.1) is 12.7 Å². The molecule has 2 aromatic heterocycles. The summed E-state index contributed by atoms with van der Waals surface area (Å²) in [5.41, 5.74) is 2.43. The van der Waals surface area contributed by atoms with Gasteiger partial charge in [-0.15, -0.1) is 0 Å². The molecule has 14 heteroatoms. The van der Waals surface area contributed by atoms with Crippen molar-refractivity contribution in [3.05, 3.63) is 40.8 Å². The normalized spacial score (nSPS) is 20.0. The molecule has 1 amide bonds. The first-order chi connectivity index (χ1) is 22.9. The number of hydrogen-bond donors (Lipinski definition) is 1. The fourth-order valence-electron chi connectivity index (χ4n) is 7.09. The highest BCUT2D eigenvalue weighted by atomic mass is 127. The number of ether oxygens (including phenoxy) is 1. The first-order valence-corrected chi connectivity index (χ1v) is 21.1. The van der Waals surface area contributed by atoms with E-state index < -0.39 is 11.4 Å². The highest BCUT2D eigenvalue weighted by molar-refractivity contribution is 14.2. The molecule has 0 spiro atoms. The van der Waals surface area contributed by atoms with Crippen LogP contribution in [0.15, 0.2) is 24.4 Å². The second kappa shape index (κ2) is 13.3. The number of rotatable bonds is 6. The quantitative estimate of drug-likeness (QED) is 0.155. The molecule has 0 bridgehead atoms. The lowest BCUT2D eigenvalue weighted by molar-refractivity contribution is 0.0158. The van der Waals surface area contributed by atoms with Gasteiger partial charge in [-0.05, 0) is 94.0 Å². The Morgan fingerprint density at radius 1 is 1.10 bits per heavy atom. The molecule has 2 saturated heterocycles. The van der Waals surface area contributed by atoms with Gasteiger partial charge in [-0.2, -0.15) is 10.1 Å². The van der Waals surface area contributed by atoms with Crippen molar-refractivity contribution in [3.8, 4) is 11.1 Å². The van der Waals surface area contributed by atoms with E-state index in [9.17, 15) is 4.79 Å². The number of fused-ring (bicyclic) bond motifs is 2. The van der Waals surface area contributed by atoms with Crippen LogP contribution in [-0.2, 0) is 4.74 Å². The van der Waals surface area contributed by atoms with Crippen LogP contribution >= 0.6 is 40.0 Å². The number of nitrogens with zero attached hydrogens (tertiary/aromatic N) is 7. The number of likely N-dealkylation sites (tertiary alicyclic amines) is 1. The third-order valence-corrected chi connectivity index (χ3v) is 11.8. The highest BCUT2D eigenvalue weighted by Crippen LogP contribution is 2.44. The Labute approximate surface area is 300 Å². The standard InChI is InChI=1S/C34H42ClFIN8O2P/c1-19-6-7-21-17-38-45(48-37)30(21)26(19)27-25(35)16-24-29(28(27)36)40-32(39-22-10-12-42(13-11-22)23-8-9-23)41-31(24)43-14-15-44(20(2)18-43)33(46)47-34(3,4)5/h6-7,16-17,20,22-23,48H,8-15,18H2,1-5H3,(H,39,40,41)/t20-/m1/s1. The summed E-state index contributed by atoms with van der Waals surface area (Å²) in [6.07, 6.45) is 6.37. The van der Waals surface area contributed by atoms with Crippen molar-refractivity contribution >= 4 is 79.7 Å². The van der Waals surface area contributed by atoms with Gasteiger partial charge in [0.2, 0.25) is 5.95 Å². The van der Waals surface area contributed by atoms with Crippen LogP contribution in [0.5, 0.6) is 0 Å². The zero-order valence-electron chi connectivity index (χ0n) is 28.0. The summed E-state index contributed by atoms with van der Waals surface area (Å²) >= 11 is 9.34. The van der Waals surface area contributed by atoms with E-state index in [4.69, 9.17) is 26.3 Å². The van der Waals surface area contributed by atoms with Crippen LogP contribution < -0.4 is 10.2 Å². The number of nitrogens with one attached hydrogen (secondary N) is 1. The monoisotopic (exact) mass is 806 g/mol. The molecule has 256 valence electrons. The van der Waals surface area contributed by atoms with Crippen LogP contribution in [0.25, 0.3) is 32.9 Å². The molecule has 10 nitrogen and oxygen atoms in total. The van der Waals surface area contributed by atoms with Crippen molar-refractivity contribution in [3.63, 3.8) is 0 Å². The number of carbonyl (C=O) groups excluding carboxylic acids is 1. The number of piperidine rings is 1. The zero-order valence-corrected chi connectivity index (χ0v) is 31.9. The average Bonchev–Trinajstić information content (AvgIpc) is 3.80. The van der Waals surface area contributed by atoms with E-state index in [2.05, 4.69) is 42.3 Å². The molecule has 2 atom stereocenters. The SMILES string of the molecule is Cc1ccc2cnn(PI)c2c1-c1c(Cl)cc2c(N3CCN(C(=O)OC(C)(C)C)[C@H](C)C3)nc(NC3CCN(C4CC4)CC3)nc2c1F. The molecule has 3 aliphatic rings. The highest BCUT2D eigenvalue weighted by Gasteiger charge is 2.35. The van der Waals surface area contributed by atoms with E-state index >= 15 is 4.39 Å². The molecular formula is C34H42ClFIN8O2P. The van der Waals surface area contributed by atoms with Crippen molar-refractivity contribution < 1.29 is 13.9 Å². The zero-order chi connectivity index (χ0) is 33.9. The van der Waals surface area contributed by atoms with Gasteiger partial charge in [-0.1, -0.05) is 23.7 Å². The maximum atomic E-state index is 17.2. The van der Waals surface area contributed by atoms with Gasteiger partial charge in [0.15, 0.2) is 5.82 Å². The van der Waals surface area contributed by atoms with Crippen LogP contribution in [0.3, 0.4) is 0 Å². The van der Waals surface area contributed by atoms with Gasteiger partial charge in [-0.3, -0.25) is 0 Å². The van der Waals surface area contributed by atoms with E-state index in [1.165, 1.54) is 12.8 Å². The Bertz CT molecular complexity index is 1870. The lowest BCUT2D eigenvalue weighted by atomic mass is 9.96. The van der Waals surface area contributed by atoms with E-state index in [1.54, 1.807) is 11.0 Å². The first-order valence-electron chi connectivity index (χ1n) is 16.7. The van der Waals surface area contributed by atoms with Gasteiger partial charge < -0.3 is 24.8 Å². The summed E-state index contributed by atoms with van der Waals surface area (Å²) in [6.45, 7) is 13.1. The first kappa shape index (κ1) is 33.9. The minimum Gasteiger partial charge on any atom is -0.444 e. The molecule has 1 N–H and O–H groups in total. The summed E-state index contributed by atoms with van der Waals surface area (Å²) in [4.78, 5) is 29.3. The molecule has 1 aliphatic carbocycles. The molecule has 48 heavy (non-hydrogen) atoms. The summed E-state index contributed by atoms with van der Waals surface area (Å²) in [5.74, 6) is 0.536. The topological polar surface area (TPSA) is 91.7 Å². The van der Waals surface area contributed by atoms with Crippen LogP contribution in [0.2, 0.25) is 5.02 Å². The fraction of sp³-hybridized carbons (Fsp3) is 0.529. The Balaban J connectivity index is 1.30. The van der Waals surface area contributed by atoms with Gasteiger partial charge in [0.05, 0.1) is 23.1 Å². The number of carbonyl (C=O) groups is 1. The number of hydrogen-bond acceptors (Lipinski definition) is 8. The number of halogens is 3. The van der Waals surface area contributed by atoms with Crippen molar-refractivity contribution in [2.45, 2.75) is 84.0 Å². The number of piperazine rings is 1. The fourth-order valence-corrected chi connectivity index (χ4v) is 8.90. The van der Waals surface area contributed by atoms with E-state index in [0.29, 0.717) is 53.7 Å². The third-order valence-electron chi connectivity index (χ3n) is 9.62. The van der Waals surface area contributed by atoms with Gasteiger partial charge in [0, 0.05) is 72.7 Å². The minimum atomic E-state index is -0.588. The molecule has 7 rings (SSSR count). The molecule has 4 heterocycles. The van der Waals surface area contributed by atoms with Crippen molar-refractivity contribution in [2.24, 2.45) is 0 Å². The predicted octanol–water partition coefficient (Wildman–Crippen LogP) is 8.02. The number of anilines is 2. The van der Waals surface area contributed by atoms with Gasteiger partial charge >= 0.3 is 6.09 Å². The Kier molecular flexibility index (Phi) is 9.40. The minimum absolute atomic E-state index is 0.156. The number of benzene rings is 2. The van der Waals surface area contributed by atoms with Gasteiger partial charge in [-0.25, -0.2) is 18.6 Å². The van der Waals surface area contributed by atoms with Gasteiger partial charge in [0.1, 0.15) is 16.9 Å². The number of amides is 1. The smallest absolute Gasteiger partial charge is 0.410 e. The molecule has 1 unspecified atom stereocenters. The summed E-state index contributed by atoms with van der Waals surface area (Å²) in [5, 5.41) is 9.89. The number of aryl methyl sites for hydroxylation is 1. The number of aromatic nitrogens is 4.